The minimum atomic E-state index is -3.54. The highest BCUT2D eigenvalue weighted by Crippen LogP contribution is 2.34. The van der Waals surface area contributed by atoms with Crippen LogP contribution >= 0.6 is 11.6 Å². The number of aromatic amines is 1. The van der Waals surface area contributed by atoms with Gasteiger partial charge in [-0.15, -0.1) is 0 Å². The van der Waals surface area contributed by atoms with Crippen LogP contribution < -0.4 is 10.9 Å². The molecule has 0 aliphatic heterocycles. The van der Waals surface area contributed by atoms with Crippen LogP contribution in [0.1, 0.15) is 42.4 Å². The standard InChI is InChI=1S/C16H20ClN3O4S.CH4/c1-5-8-18-14-11(25(4,23)24)7-6-10(13(14)17)15(21)12-9(2)19-20(3)16(12)22;/h6-7,18-19H,5,8H2,1-4H3;1H4. The zero-order valence-corrected chi connectivity index (χ0v) is 16.0. The molecule has 0 unspecified atom stereocenters. The van der Waals surface area contributed by atoms with Gasteiger partial charge in [-0.05, 0) is 25.5 Å². The number of ketones is 1. The molecular formula is C17H24ClN3O4S. The van der Waals surface area contributed by atoms with E-state index < -0.39 is 21.2 Å². The lowest BCUT2D eigenvalue weighted by molar-refractivity contribution is 0.103. The molecule has 0 aliphatic carbocycles. The molecule has 1 aromatic heterocycles. The summed E-state index contributed by atoms with van der Waals surface area (Å²) in [4.78, 5) is 25.0. The van der Waals surface area contributed by atoms with Crippen molar-refractivity contribution in [2.45, 2.75) is 32.6 Å². The van der Waals surface area contributed by atoms with Gasteiger partial charge in [0.25, 0.3) is 5.56 Å². The Morgan fingerprint density at radius 1 is 1.35 bits per heavy atom. The summed E-state index contributed by atoms with van der Waals surface area (Å²) in [5, 5.41) is 5.71. The zero-order valence-electron chi connectivity index (χ0n) is 14.4. The van der Waals surface area contributed by atoms with Gasteiger partial charge in [-0.1, -0.05) is 26.0 Å². The van der Waals surface area contributed by atoms with E-state index in [0.717, 1.165) is 12.7 Å². The fourth-order valence-corrected chi connectivity index (χ4v) is 3.78. The Bertz CT molecular complexity index is 990. The molecule has 2 aromatic rings. The first kappa shape index (κ1) is 22.0. The highest BCUT2D eigenvalue weighted by atomic mass is 35.5. The number of aryl methyl sites for hydroxylation is 2. The second-order valence-corrected chi connectivity index (χ2v) is 8.17. The Kier molecular flexibility index (Phi) is 6.84. The first-order valence-corrected chi connectivity index (χ1v) is 9.93. The van der Waals surface area contributed by atoms with Gasteiger partial charge in [0, 0.05) is 31.1 Å². The molecule has 0 saturated heterocycles. The number of H-pyrrole nitrogens is 1. The number of hydrogen-bond acceptors (Lipinski definition) is 5. The average Bonchev–Trinajstić information content (AvgIpc) is 2.77. The Morgan fingerprint density at radius 2 is 1.96 bits per heavy atom. The molecule has 2 rings (SSSR count). The van der Waals surface area contributed by atoms with Gasteiger partial charge >= 0.3 is 0 Å². The molecule has 0 amide bonds. The smallest absolute Gasteiger partial charge is 0.277 e. The molecule has 2 N–H and O–H groups in total. The van der Waals surface area contributed by atoms with Crippen molar-refractivity contribution in [2.24, 2.45) is 7.05 Å². The molecular weight excluding hydrogens is 378 g/mol. The lowest BCUT2D eigenvalue weighted by Gasteiger charge is -2.14. The highest BCUT2D eigenvalue weighted by Gasteiger charge is 2.25. The molecule has 1 aromatic carbocycles. The van der Waals surface area contributed by atoms with Crippen LogP contribution in [0.3, 0.4) is 0 Å². The number of rotatable bonds is 6. The maximum atomic E-state index is 12.8. The van der Waals surface area contributed by atoms with Crippen LogP contribution in [0.4, 0.5) is 5.69 Å². The van der Waals surface area contributed by atoms with Crippen LogP contribution in [0, 0.1) is 6.92 Å². The van der Waals surface area contributed by atoms with E-state index in [1.165, 1.54) is 23.9 Å². The summed E-state index contributed by atoms with van der Waals surface area (Å²) in [6.07, 6.45) is 1.82. The number of nitrogens with zero attached hydrogens (tertiary/aromatic N) is 1. The number of carbonyl (C=O) groups is 1. The third-order valence-electron chi connectivity index (χ3n) is 3.76. The molecule has 7 nitrogen and oxygen atoms in total. The average molecular weight is 402 g/mol. The highest BCUT2D eigenvalue weighted by molar-refractivity contribution is 7.90. The van der Waals surface area contributed by atoms with E-state index in [-0.39, 0.29) is 34.2 Å². The van der Waals surface area contributed by atoms with E-state index in [2.05, 4.69) is 10.4 Å². The van der Waals surface area contributed by atoms with Gasteiger partial charge in [0.2, 0.25) is 5.78 Å². The number of sulfone groups is 1. The largest absolute Gasteiger partial charge is 0.383 e. The van der Waals surface area contributed by atoms with Gasteiger partial charge in [-0.2, -0.15) is 0 Å². The summed E-state index contributed by atoms with van der Waals surface area (Å²) < 4.78 is 25.2. The van der Waals surface area contributed by atoms with Crippen molar-refractivity contribution >= 4 is 32.9 Å². The van der Waals surface area contributed by atoms with Gasteiger partial charge in [-0.25, -0.2) is 8.42 Å². The summed E-state index contributed by atoms with van der Waals surface area (Å²) in [6, 6.07) is 2.67. The quantitative estimate of drug-likeness (QED) is 0.725. The van der Waals surface area contributed by atoms with Crippen molar-refractivity contribution < 1.29 is 13.2 Å². The summed E-state index contributed by atoms with van der Waals surface area (Å²) in [6.45, 7) is 4.03. The van der Waals surface area contributed by atoms with Gasteiger partial charge in [0.15, 0.2) is 9.84 Å². The monoisotopic (exact) mass is 401 g/mol. The van der Waals surface area contributed by atoms with Crippen LogP contribution in [0.15, 0.2) is 21.8 Å². The minimum Gasteiger partial charge on any atom is -0.383 e. The first-order valence-electron chi connectivity index (χ1n) is 7.66. The fourth-order valence-electron chi connectivity index (χ4n) is 2.55. The second-order valence-electron chi connectivity index (χ2n) is 5.80. The lowest BCUT2D eigenvalue weighted by Crippen LogP contribution is -2.20. The van der Waals surface area contributed by atoms with Crippen molar-refractivity contribution in [3.05, 3.63) is 44.3 Å². The number of nitrogens with one attached hydrogen (secondary N) is 2. The topological polar surface area (TPSA) is 101 Å². The lowest BCUT2D eigenvalue weighted by atomic mass is 10.0. The van der Waals surface area contributed by atoms with Crippen LogP contribution in [0.25, 0.3) is 0 Å². The predicted octanol–water partition coefficient (Wildman–Crippen LogP) is 2.77. The summed E-state index contributed by atoms with van der Waals surface area (Å²) in [5.74, 6) is -0.552. The van der Waals surface area contributed by atoms with Gasteiger partial charge < -0.3 is 5.32 Å². The predicted molar refractivity (Wildman–Crippen MR) is 104 cm³/mol. The SMILES string of the molecule is C.CCCNc1c(S(C)(=O)=O)ccc(C(=O)c2c(C)[nH]n(C)c2=O)c1Cl. The van der Waals surface area contributed by atoms with E-state index in [1.54, 1.807) is 6.92 Å². The number of carbonyl (C=O) groups excluding carboxylic acids is 1. The molecule has 0 saturated carbocycles. The van der Waals surface area contributed by atoms with Crippen molar-refractivity contribution in [3.63, 3.8) is 0 Å². The van der Waals surface area contributed by atoms with Crippen molar-refractivity contribution in [2.75, 3.05) is 18.1 Å². The van der Waals surface area contributed by atoms with Gasteiger partial charge in [0.05, 0.1) is 15.6 Å². The molecule has 0 aliphatic rings. The third kappa shape index (κ3) is 4.02. The maximum Gasteiger partial charge on any atom is 0.277 e. The second kappa shape index (κ2) is 8.09. The molecule has 0 atom stereocenters. The van der Waals surface area contributed by atoms with E-state index in [1.807, 2.05) is 6.92 Å². The molecule has 9 heteroatoms. The van der Waals surface area contributed by atoms with E-state index in [4.69, 9.17) is 11.6 Å². The molecule has 144 valence electrons. The molecule has 0 fully saturated rings. The fraction of sp³-hybridized carbons (Fsp3) is 0.412. The molecule has 26 heavy (non-hydrogen) atoms. The Labute approximate surface area is 158 Å². The maximum absolute atomic E-state index is 12.8. The zero-order chi connectivity index (χ0) is 18.9. The Morgan fingerprint density at radius 3 is 2.42 bits per heavy atom. The van der Waals surface area contributed by atoms with Gasteiger partial charge in [-0.3, -0.25) is 19.4 Å². The van der Waals surface area contributed by atoms with Crippen molar-refractivity contribution in [1.82, 2.24) is 9.78 Å². The summed E-state index contributed by atoms with van der Waals surface area (Å²) >= 11 is 6.35. The minimum absolute atomic E-state index is 0. The number of aromatic nitrogens is 2. The molecule has 0 bridgehead atoms. The normalized spacial score (nSPS) is 11.1. The van der Waals surface area contributed by atoms with Crippen LogP contribution in [0.5, 0.6) is 0 Å². The molecule has 1 heterocycles. The number of anilines is 1. The Hall–Kier alpha value is -2.06. The first-order chi connectivity index (χ1) is 11.6. The Balaban J connectivity index is 0.00000338. The molecule has 0 spiro atoms. The molecule has 0 radical (unpaired) electrons. The van der Waals surface area contributed by atoms with Crippen LogP contribution in [-0.2, 0) is 16.9 Å². The summed E-state index contributed by atoms with van der Waals surface area (Å²) in [5.41, 5.74) is 0.199. The van der Waals surface area contributed by atoms with E-state index in [9.17, 15) is 18.0 Å². The number of hydrogen-bond donors (Lipinski definition) is 2. The summed E-state index contributed by atoms with van der Waals surface area (Å²) in [7, 11) is -2.03. The third-order valence-corrected chi connectivity index (χ3v) is 5.29. The number of benzene rings is 1. The number of halogens is 1. The van der Waals surface area contributed by atoms with Crippen molar-refractivity contribution in [3.8, 4) is 0 Å². The van der Waals surface area contributed by atoms with Crippen LogP contribution in [-0.4, -0.2) is 36.8 Å². The van der Waals surface area contributed by atoms with Crippen LogP contribution in [0.2, 0.25) is 5.02 Å². The van der Waals surface area contributed by atoms with Gasteiger partial charge in [0.1, 0.15) is 5.56 Å². The van der Waals surface area contributed by atoms with Crippen molar-refractivity contribution in [1.29, 1.82) is 0 Å². The van der Waals surface area contributed by atoms with E-state index in [0.29, 0.717) is 12.2 Å². The van der Waals surface area contributed by atoms with E-state index >= 15 is 0 Å².